The third-order valence-electron chi connectivity index (χ3n) is 4.57. The van der Waals surface area contributed by atoms with Gasteiger partial charge in [-0.15, -0.1) is 0 Å². The van der Waals surface area contributed by atoms with Gasteiger partial charge >= 0.3 is 0 Å². The van der Waals surface area contributed by atoms with E-state index in [1.165, 1.54) is 16.7 Å². The first-order valence-electron chi connectivity index (χ1n) is 8.51. The highest BCUT2D eigenvalue weighted by Gasteiger charge is 2.13. The molecule has 0 fully saturated rings. The van der Waals surface area contributed by atoms with Crippen molar-refractivity contribution in [3.05, 3.63) is 78.9 Å². The highest BCUT2D eigenvalue weighted by atomic mass is 15.0. The average molecular weight is 327 g/mol. The molecule has 0 unspecified atom stereocenters. The van der Waals surface area contributed by atoms with Crippen molar-refractivity contribution in [2.75, 3.05) is 0 Å². The van der Waals surface area contributed by atoms with Crippen molar-refractivity contribution in [3.8, 4) is 22.4 Å². The summed E-state index contributed by atoms with van der Waals surface area (Å²) in [5, 5.41) is 0. The molecule has 0 aliphatic carbocycles. The molecule has 0 radical (unpaired) electrons. The van der Waals surface area contributed by atoms with Crippen molar-refractivity contribution >= 4 is 5.65 Å². The Morgan fingerprint density at radius 3 is 2.20 bits per heavy atom. The first-order chi connectivity index (χ1) is 12.0. The maximum Gasteiger partial charge on any atom is 0.137 e. The van der Waals surface area contributed by atoms with Gasteiger partial charge in [-0.3, -0.25) is 9.38 Å². The van der Waals surface area contributed by atoms with Crippen LogP contribution in [0.4, 0.5) is 0 Å². The second-order valence-corrected chi connectivity index (χ2v) is 7.35. The number of fused-ring (bicyclic) bond motifs is 1. The lowest BCUT2D eigenvalue weighted by Gasteiger charge is -2.19. The highest BCUT2D eigenvalue weighted by molar-refractivity contribution is 5.71. The van der Waals surface area contributed by atoms with Crippen LogP contribution >= 0.6 is 0 Å². The molecule has 3 aromatic heterocycles. The van der Waals surface area contributed by atoms with E-state index >= 15 is 0 Å². The van der Waals surface area contributed by atoms with Gasteiger partial charge in [-0.25, -0.2) is 4.98 Å². The standard InChI is InChI=1S/C22H21N3/c1-22(2,3)19-6-4-16(5-7-19)18-10-13-25-20(15-24-21(25)14-18)17-8-11-23-12-9-17/h4-15H,1-3H3. The van der Waals surface area contributed by atoms with Crippen LogP contribution in [0.2, 0.25) is 0 Å². The molecule has 3 heterocycles. The highest BCUT2D eigenvalue weighted by Crippen LogP contribution is 2.28. The number of hydrogen-bond donors (Lipinski definition) is 0. The van der Waals surface area contributed by atoms with E-state index in [1.807, 2.05) is 18.3 Å². The van der Waals surface area contributed by atoms with Crippen molar-refractivity contribution < 1.29 is 0 Å². The summed E-state index contributed by atoms with van der Waals surface area (Å²) < 4.78 is 2.11. The zero-order valence-electron chi connectivity index (χ0n) is 14.8. The number of imidazole rings is 1. The van der Waals surface area contributed by atoms with Crippen LogP contribution in [0.15, 0.2) is 73.3 Å². The molecule has 25 heavy (non-hydrogen) atoms. The zero-order valence-corrected chi connectivity index (χ0v) is 14.8. The molecule has 124 valence electrons. The molecule has 0 atom stereocenters. The van der Waals surface area contributed by atoms with Gasteiger partial charge in [0.1, 0.15) is 5.65 Å². The monoisotopic (exact) mass is 327 g/mol. The maximum absolute atomic E-state index is 4.58. The molecular formula is C22H21N3. The zero-order chi connectivity index (χ0) is 17.4. The lowest BCUT2D eigenvalue weighted by atomic mass is 9.86. The second-order valence-electron chi connectivity index (χ2n) is 7.35. The molecule has 4 aromatic rings. The summed E-state index contributed by atoms with van der Waals surface area (Å²) in [5.41, 5.74) is 7.05. The fraction of sp³-hybridized carbons (Fsp3) is 0.182. The summed E-state index contributed by atoms with van der Waals surface area (Å²) in [6.45, 7) is 6.71. The second kappa shape index (κ2) is 5.85. The van der Waals surface area contributed by atoms with Gasteiger partial charge in [-0.05, 0) is 46.4 Å². The Morgan fingerprint density at radius 2 is 1.52 bits per heavy atom. The van der Waals surface area contributed by atoms with Crippen molar-refractivity contribution in [2.24, 2.45) is 0 Å². The first kappa shape index (κ1) is 15.6. The van der Waals surface area contributed by atoms with Crippen LogP contribution in [0.5, 0.6) is 0 Å². The maximum atomic E-state index is 4.58. The van der Waals surface area contributed by atoms with Crippen molar-refractivity contribution in [2.45, 2.75) is 26.2 Å². The number of nitrogens with zero attached hydrogens (tertiary/aromatic N) is 3. The van der Waals surface area contributed by atoms with Crippen LogP contribution in [0.1, 0.15) is 26.3 Å². The number of pyridine rings is 2. The third-order valence-corrected chi connectivity index (χ3v) is 4.57. The molecule has 0 N–H and O–H groups in total. The van der Waals surface area contributed by atoms with Gasteiger partial charge in [0, 0.05) is 24.2 Å². The van der Waals surface area contributed by atoms with E-state index in [9.17, 15) is 0 Å². The molecule has 0 spiro atoms. The molecule has 4 rings (SSSR count). The Hall–Kier alpha value is -2.94. The van der Waals surface area contributed by atoms with E-state index in [0.717, 1.165) is 16.9 Å². The summed E-state index contributed by atoms with van der Waals surface area (Å²) >= 11 is 0. The smallest absolute Gasteiger partial charge is 0.137 e. The lowest BCUT2D eigenvalue weighted by molar-refractivity contribution is 0.590. The lowest BCUT2D eigenvalue weighted by Crippen LogP contribution is -2.10. The quantitative estimate of drug-likeness (QED) is 0.496. The Balaban J connectivity index is 1.73. The Labute approximate surface area is 148 Å². The Bertz CT molecular complexity index is 1010. The van der Waals surface area contributed by atoms with Gasteiger partial charge in [-0.2, -0.15) is 0 Å². The van der Waals surface area contributed by atoms with E-state index < -0.39 is 0 Å². The van der Waals surface area contributed by atoms with Crippen molar-refractivity contribution in [1.82, 2.24) is 14.4 Å². The van der Waals surface area contributed by atoms with E-state index in [0.29, 0.717) is 0 Å². The summed E-state index contributed by atoms with van der Waals surface area (Å²) in [4.78, 5) is 8.66. The minimum Gasteiger partial charge on any atom is -0.300 e. The molecule has 0 saturated heterocycles. The third kappa shape index (κ3) is 2.93. The van der Waals surface area contributed by atoms with Crippen LogP contribution in [0, 0.1) is 0 Å². The fourth-order valence-corrected chi connectivity index (χ4v) is 3.06. The fourth-order valence-electron chi connectivity index (χ4n) is 3.06. The van der Waals surface area contributed by atoms with Crippen LogP contribution in [-0.4, -0.2) is 14.4 Å². The van der Waals surface area contributed by atoms with E-state index in [1.54, 1.807) is 12.4 Å². The molecular weight excluding hydrogens is 306 g/mol. The summed E-state index contributed by atoms with van der Waals surface area (Å²) in [5.74, 6) is 0. The molecule has 3 heteroatoms. The van der Waals surface area contributed by atoms with Crippen molar-refractivity contribution in [3.63, 3.8) is 0 Å². The number of rotatable bonds is 2. The van der Waals surface area contributed by atoms with Gasteiger partial charge in [0.25, 0.3) is 0 Å². The largest absolute Gasteiger partial charge is 0.300 e. The van der Waals surface area contributed by atoms with Gasteiger partial charge in [-0.1, -0.05) is 45.0 Å². The summed E-state index contributed by atoms with van der Waals surface area (Å²) in [6, 6.07) is 17.1. The van der Waals surface area contributed by atoms with E-state index in [4.69, 9.17) is 0 Å². The minimum absolute atomic E-state index is 0.172. The normalized spacial score (nSPS) is 11.8. The van der Waals surface area contributed by atoms with Gasteiger partial charge in [0.2, 0.25) is 0 Å². The topological polar surface area (TPSA) is 30.2 Å². The summed E-state index contributed by atoms with van der Waals surface area (Å²) in [7, 11) is 0. The Morgan fingerprint density at radius 1 is 0.800 bits per heavy atom. The number of benzene rings is 1. The summed E-state index contributed by atoms with van der Waals surface area (Å²) in [6.07, 6.45) is 7.61. The van der Waals surface area contributed by atoms with Crippen LogP contribution in [0.25, 0.3) is 28.0 Å². The van der Waals surface area contributed by atoms with Gasteiger partial charge in [0.05, 0.1) is 11.9 Å². The predicted molar refractivity (Wildman–Crippen MR) is 103 cm³/mol. The molecule has 0 aliphatic rings. The number of aromatic nitrogens is 3. The Kier molecular flexibility index (Phi) is 3.65. The minimum atomic E-state index is 0.172. The molecule has 1 aromatic carbocycles. The van der Waals surface area contributed by atoms with Crippen LogP contribution in [0.3, 0.4) is 0 Å². The number of hydrogen-bond acceptors (Lipinski definition) is 2. The van der Waals surface area contributed by atoms with Crippen LogP contribution in [-0.2, 0) is 5.41 Å². The van der Waals surface area contributed by atoms with E-state index in [2.05, 4.69) is 77.7 Å². The van der Waals surface area contributed by atoms with Crippen molar-refractivity contribution in [1.29, 1.82) is 0 Å². The predicted octanol–water partition coefficient (Wildman–Crippen LogP) is 5.36. The molecule has 0 bridgehead atoms. The van der Waals surface area contributed by atoms with Crippen LogP contribution < -0.4 is 0 Å². The van der Waals surface area contributed by atoms with Gasteiger partial charge < -0.3 is 0 Å². The van der Waals surface area contributed by atoms with E-state index in [-0.39, 0.29) is 5.41 Å². The molecule has 3 nitrogen and oxygen atoms in total. The molecule has 0 saturated carbocycles. The average Bonchev–Trinajstić information content (AvgIpc) is 3.05. The first-order valence-corrected chi connectivity index (χ1v) is 8.51. The SMILES string of the molecule is CC(C)(C)c1ccc(-c2ccn3c(-c4ccncc4)cnc3c2)cc1. The molecule has 0 aliphatic heterocycles. The molecule has 0 amide bonds. The van der Waals surface area contributed by atoms with Gasteiger partial charge in [0.15, 0.2) is 0 Å².